The molecule has 0 heterocycles. The van der Waals surface area contributed by atoms with Gasteiger partial charge < -0.3 is 9.80 Å². The second-order valence-electron chi connectivity index (χ2n) is 9.42. The number of rotatable bonds is 6. The Morgan fingerprint density at radius 3 is 1.36 bits per heavy atom. The van der Waals surface area contributed by atoms with Crippen LogP contribution < -0.4 is 9.80 Å². The Labute approximate surface area is 214 Å². The number of hydrogen-bond donors (Lipinski definition) is 0. The zero-order valence-electron chi connectivity index (χ0n) is 22.0. The van der Waals surface area contributed by atoms with Gasteiger partial charge in [-0.05, 0) is 83.0 Å². The first-order chi connectivity index (χ1) is 17.3. The van der Waals surface area contributed by atoms with Crippen molar-refractivity contribution in [2.45, 2.75) is 0 Å². The lowest BCUT2D eigenvalue weighted by Gasteiger charge is -2.16. The van der Waals surface area contributed by atoms with Crippen molar-refractivity contribution in [2.24, 2.45) is 10.2 Å². The molecular weight excluding hydrogens is 442 g/mol. The van der Waals surface area contributed by atoms with Crippen LogP contribution in [0.4, 0.5) is 22.7 Å². The first kappa shape index (κ1) is 24.9. The summed E-state index contributed by atoms with van der Waals surface area (Å²) in [6.45, 7) is 0. The number of allylic oxidation sites excluding steroid dienone is 5. The fraction of sp³-hybridized carbons (Fsp3) is 0.194. The van der Waals surface area contributed by atoms with Crippen molar-refractivity contribution in [1.82, 2.24) is 0 Å². The van der Waals surface area contributed by atoms with Crippen LogP contribution in [0.1, 0.15) is 11.1 Å². The second kappa shape index (κ2) is 11.0. The average molecular weight is 477 g/mol. The summed E-state index contributed by atoms with van der Waals surface area (Å²) in [7, 11) is 12.3. The molecule has 0 radical (unpaired) electrons. The van der Waals surface area contributed by atoms with E-state index in [9.17, 15) is 0 Å². The number of benzene rings is 3. The van der Waals surface area contributed by atoms with Crippen molar-refractivity contribution < 1.29 is 4.58 Å². The maximum atomic E-state index is 4.45. The van der Waals surface area contributed by atoms with E-state index >= 15 is 0 Å². The third-order valence-corrected chi connectivity index (χ3v) is 6.15. The lowest BCUT2D eigenvalue weighted by molar-refractivity contribution is -0.462. The first-order valence-electron chi connectivity index (χ1n) is 12.0. The molecule has 0 N–H and O–H groups in total. The molecule has 0 aromatic heterocycles. The van der Waals surface area contributed by atoms with Crippen LogP contribution in [0.25, 0.3) is 5.57 Å². The van der Waals surface area contributed by atoms with E-state index in [2.05, 4.69) is 113 Å². The summed E-state index contributed by atoms with van der Waals surface area (Å²) < 4.78 is 2.11. The van der Waals surface area contributed by atoms with Crippen molar-refractivity contribution in [3.05, 3.63) is 114 Å². The minimum Gasteiger partial charge on any atom is -0.378 e. The number of anilines is 2. The Bertz CT molecular complexity index is 1330. The minimum atomic E-state index is 0.820. The second-order valence-corrected chi connectivity index (χ2v) is 9.42. The molecule has 36 heavy (non-hydrogen) atoms. The van der Waals surface area contributed by atoms with Crippen LogP contribution >= 0.6 is 0 Å². The summed E-state index contributed by atoms with van der Waals surface area (Å²) in [6, 6.07) is 25.0. The molecule has 5 heteroatoms. The standard InChI is InChI=1S/C31H34N5/c1-34(2)28-17-9-24(10-18-28)31(25-11-19-29(20-12-25)35(3)4)23-7-13-26(14-8-23)32-33-27-15-21-30(22-16-27)36(5)6/h7-22H,1-6H3/q+1. The van der Waals surface area contributed by atoms with Gasteiger partial charge in [0.2, 0.25) is 0 Å². The molecule has 0 amide bonds. The Morgan fingerprint density at radius 2 is 0.944 bits per heavy atom. The van der Waals surface area contributed by atoms with Crippen LogP contribution in [0.3, 0.4) is 0 Å². The van der Waals surface area contributed by atoms with Gasteiger partial charge in [0, 0.05) is 51.7 Å². The van der Waals surface area contributed by atoms with Crippen molar-refractivity contribution in [3.63, 3.8) is 0 Å². The molecule has 0 saturated carbocycles. The molecule has 1 aliphatic carbocycles. The predicted octanol–water partition coefficient (Wildman–Crippen LogP) is 6.88. The molecule has 0 bridgehead atoms. The number of azo groups is 1. The van der Waals surface area contributed by atoms with E-state index in [0.717, 1.165) is 22.6 Å². The van der Waals surface area contributed by atoms with Crippen LogP contribution in [-0.4, -0.2) is 52.6 Å². The maximum absolute atomic E-state index is 4.45. The summed E-state index contributed by atoms with van der Waals surface area (Å²) in [5.41, 5.74) is 9.82. The largest absolute Gasteiger partial charge is 0.378 e. The highest BCUT2D eigenvalue weighted by molar-refractivity contribution is 6.04. The first-order valence-corrected chi connectivity index (χ1v) is 12.0. The molecular formula is C31H34N5+. The van der Waals surface area contributed by atoms with Gasteiger partial charge in [-0.25, -0.2) is 4.58 Å². The number of hydrogen-bond acceptors (Lipinski definition) is 4. The molecule has 4 rings (SSSR count). The molecule has 1 aliphatic rings. The van der Waals surface area contributed by atoms with E-state index in [1.54, 1.807) is 0 Å². The quantitative estimate of drug-likeness (QED) is 0.287. The molecule has 0 atom stereocenters. The lowest BCUT2D eigenvalue weighted by atomic mass is 9.90. The molecule has 182 valence electrons. The van der Waals surface area contributed by atoms with Gasteiger partial charge >= 0.3 is 0 Å². The summed E-state index contributed by atoms with van der Waals surface area (Å²) in [4.78, 5) is 4.18. The Kier molecular flexibility index (Phi) is 7.59. The fourth-order valence-electron chi connectivity index (χ4n) is 3.98. The van der Waals surface area contributed by atoms with E-state index in [1.807, 2.05) is 50.5 Å². The zero-order valence-corrected chi connectivity index (χ0v) is 22.0. The lowest BCUT2D eigenvalue weighted by Crippen LogP contribution is -2.10. The van der Waals surface area contributed by atoms with E-state index < -0.39 is 0 Å². The van der Waals surface area contributed by atoms with E-state index in [-0.39, 0.29) is 0 Å². The van der Waals surface area contributed by atoms with Crippen LogP contribution in [-0.2, 0) is 0 Å². The van der Waals surface area contributed by atoms with Crippen LogP contribution in [0, 0.1) is 0 Å². The molecule has 0 spiro atoms. The predicted molar refractivity (Wildman–Crippen MR) is 154 cm³/mol. The topological polar surface area (TPSA) is 34.2 Å². The molecule has 0 aliphatic heterocycles. The van der Waals surface area contributed by atoms with Gasteiger partial charge in [0.05, 0.1) is 11.4 Å². The highest BCUT2D eigenvalue weighted by atomic mass is 15.1. The molecule has 3 aromatic rings. The van der Waals surface area contributed by atoms with Crippen LogP contribution in [0.5, 0.6) is 0 Å². The van der Waals surface area contributed by atoms with Gasteiger partial charge in [-0.15, -0.1) is 0 Å². The fourth-order valence-corrected chi connectivity index (χ4v) is 3.98. The Morgan fingerprint density at radius 1 is 0.556 bits per heavy atom. The molecule has 0 saturated heterocycles. The van der Waals surface area contributed by atoms with Crippen molar-refractivity contribution >= 4 is 34.0 Å². The minimum absolute atomic E-state index is 0.820. The zero-order chi connectivity index (χ0) is 25.7. The van der Waals surface area contributed by atoms with Crippen LogP contribution in [0.15, 0.2) is 113 Å². The van der Waals surface area contributed by atoms with Gasteiger partial charge in [-0.2, -0.15) is 10.2 Å². The summed E-state index contributed by atoms with van der Waals surface area (Å²) in [5, 5.41) is 8.86. The monoisotopic (exact) mass is 476 g/mol. The average Bonchev–Trinajstić information content (AvgIpc) is 2.89. The van der Waals surface area contributed by atoms with Crippen molar-refractivity contribution in [1.29, 1.82) is 0 Å². The van der Waals surface area contributed by atoms with Gasteiger partial charge in [0.15, 0.2) is 5.71 Å². The SMILES string of the molecule is CN(C)c1ccc(N=Nc2ccc(C(=C3C=CC(=[N+](C)C)C=C3)c3ccc(N(C)C)cc3)cc2)cc1. The summed E-state index contributed by atoms with van der Waals surface area (Å²) in [5.74, 6) is 0. The summed E-state index contributed by atoms with van der Waals surface area (Å²) in [6.07, 6.45) is 8.70. The normalized spacial score (nSPS) is 12.8. The molecule has 0 fully saturated rings. The smallest absolute Gasteiger partial charge is 0.199 e. The van der Waals surface area contributed by atoms with Gasteiger partial charge in [-0.1, -0.05) is 24.3 Å². The maximum Gasteiger partial charge on any atom is 0.199 e. The molecule has 0 unspecified atom stereocenters. The molecule has 5 nitrogen and oxygen atoms in total. The summed E-state index contributed by atoms with van der Waals surface area (Å²) >= 11 is 0. The third kappa shape index (κ3) is 5.87. The number of nitrogens with zero attached hydrogens (tertiary/aromatic N) is 5. The van der Waals surface area contributed by atoms with Crippen LogP contribution in [0.2, 0.25) is 0 Å². The highest BCUT2D eigenvalue weighted by Gasteiger charge is 2.13. The Balaban J connectivity index is 1.66. The van der Waals surface area contributed by atoms with E-state index in [1.165, 1.54) is 28.1 Å². The van der Waals surface area contributed by atoms with Crippen molar-refractivity contribution in [3.8, 4) is 0 Å². The van der Waals surface area contributed by atoms with Crippen molar-refractivity contribution in [2.75, 3.05) is 52.1 Å². The Hall–Kier alpha value is -4.25. The third-order valence-electron chi connectivity index (χ3n) is 6.15. The van der Waals surface area contributed by atoms with E-state index in [4.69, 9.17) is 0 Å². The highest BCUT2D eigenvalue weighted by Crippen LogP contribution is 2.32. The van der Waals surface area contributed by atoms with Gasteiger partial charge in [0.1, 0.15) is 14.1 Å². The van der Waals surface area contributed by atoms with Gasteiger partial charge in [0.25, 0.3) is 0 Å². The van der Waals surface area contributed by atoms with E-state index in [0.29, 0.717) is 0 Å². The van der Waals surface area contributed by atoms with Gasteiger partial charge in [-0.3, -0.25) is 0 Å². The molecule has 3 aromatic carbocycles.